The Hall–Kier alpha value is -4.58. The summed E-state index contributed by atoms with van der Waals surface area (Å²) >= 11 is 0. The molecular weight excluding hydrogens is 708 g/mol. The summed E-state index contributed by atoms with van der Waals surface area (Å²) in [4.78, 5) is 79.6. The average Bonchev–Trinajstić information content (AvgIpc) is 3.56. The number of para-hydroxylation sites is 1. The Morgan fingerprint density at radius 3 is 1.95 bits per heavy atom. The van der Waals surface area contributed by atoms with Crippen molar-refractivity contribution in [2.75, 3.05) is 58.9 Å². The third kappa shape index (κ3) is 19.5. The zero-order chi connectivity index (χ0) is 40.3. The van der Waals surface area contributed by atoms with Gasteiger partial charge in [-0.1, -0.05) is 18.2 Å². The molecule has 5 amide bonds. The second-order valence-corrected chi connectivity index (χ2v) is 13.6. The van der Waals surface area contributed by atoms with Crippen molar-refractivity contribution in [2.24, 2.45) is 17.2 Å². The number of carbonyl (C=O) groups excluding carboxylic acids is 5. The van der Waals surface area contributed by atoms with Gasteiger partial charge in [-0.2, -0.15) is 0 Å². The van der Waals surface area contributed by atoms with Gasteiger partial charge in [-0.05, 0) is 95.6 Å². The maximum Gasteiger partial charge on any atom is 0.305 e. The number of nitrogens with one attached hydrogen (secondary N) is 6. The Kier molecular flexibility index (Phi) is 23.6. The molecule has 2 atom stereocenters. The Balaban J connectivity index is 1.74. The Labute approximate surface area is 324 Å². The smallest absolute Gasteiger partial charge is 0.305 e. The van der Waals surface area contributed by atoms with Crippen molar-refractivity contribution in [1.29, 1.82) is 0 Å². The molecule has 1 aromatic carbocycles. The molecule has 17 heteroatoms. The molecule has 1 heterocycles. The molecule has 0 saturated carbocycles. The van der Waals surface area contributed by atoms with E-state index >= 15 is 0 Å². The van der Waals surface area contributed by atoms with E-state index in [1.54, 1.807) is 6.20 Å². The first-order valence-electron chi connectivity index (χ1n) is 19.6. The van der Waals surface area contributed by atoms with E-state index in [1.807, 2.05) is 24.3 Å². The number of carboxylic acid groups (broad SMARTS) is 1. The van der Waals surface area contributed by atoms with Gasteiger partial charge in [0.25, 0.3) is 0 Å². The highest BCUT2D eigenvalue weighted by Crippen LogP contribution is 2.19. The lowest BCUT2D eigenvalue weighted by atomic mass is 10.0. The molecule has 0 aliphatic heterocycles. The summed E-state index contributed by atoms with van der Waals surface area (Å²) in [6, 6.07) is 5.08. The number of H-pyrrole nitrogens is 1. The summed E-state index contributed by atoms with van der Waals surface area (Å²) in [5, 5.41) is 25.4. The molecule has 0 spiro atoms. The van der Waals surface area contributed by atoms with Crippen LogP contribution < -0.4 is 43.8 Å². The molecule has 0 saturated heterocycles. The summed E-state index contributed by atoms with van der Waals surface area (Å²) in [6.07, 6.45) is 7.68. The predicted octanol–water partition coefficient (Wildman–Crippen LogP) is -0.0275. The first kappa shape index (κ1) is 46.6. The fourth-order valence-corrected chi connectivity index (χ4v) is 6.06. The summed E-state index contributed by atoms with van der Waals surface area (Å²) in [6.45, 7) is 4.76. The van der Waals surface area contributed by atoms with Gasteiger partial charge in [0, 0.05) is 62.7 Å². The number of aliphatic carboxylic acids is 1. The van der Waals surface area contributed by atoms with E-state index in [4.69, 9.17) is 17.2 Å². The van der Waals surface area contributed by atoms with E-state index in [1.165, 1.54) is 0 Å². The summed E-state index contributed by atoms with van der Waals surface area (Å²) in [5.41, 5.74) is 18.4. The van der Waals surface area contributed by atoms with Crippen LogP contribution in [0.25, 0.3) is 10.9 Å². The maximum atomic E-state index is 13.9. The Morgan fingerprint density at radius 2 is 1.33 bits per heavy atom. The van der Waals surface area contributed by atoms with Crippen molar-refractivity contribution >= 4 is 46.4 Å². The van der Waals surface area contributed by atoms with Gasteiger partial charge in [-0.25, -0.2) is 0 Å². The van der Waals surface area contributed by atoms with Crippen molar-refractivity contribution in [3.63, 3.8) is 0 Å². The van der Waals surface area contributed by atoms with Crippen molar-refractivity contribution in [1.82, 2.24) is 36.5 Å². The number of rotatable bonds is 32. The predicted molar refractivity (Wildman–Crippen MR) is 212 cm³/mol. The molecule has 0 unspecified atom stereocenters. The first-order chi connectivity index (χ1) is 26.6. The third-order valence-corrected chi connectivity index (χ3v) is 9.08. The molecule has 0 aliphatic rings. The van der Waals surface area contributed by atoms with Gasteiger partial charge in [0.2, 0.25) is 29.5 Å². The van der Waals surface area contributed by atoms with Gasteiger partial charge in [-0.15, -0.1) is 0 Å². The fourth-order valence-electron chi connectivity index (χ4n) is 6.06. The van der Waals surface area contributed by atoms with E-state index in [0.717, 1.165) is 60.1 Å². The van der Waals surface area contributed by atoms with Crippen molar-refractivity contribution in [2.45, 2.75) is 95.6 Å². The first-order valence-corrected chi connectivity index (χ1v) is 19.6. The number of aromatic nitrogens is 1. The van der Waals surface area contributed by atoms with Crippen LogP contribution >= 0.6 is 0 Å². The molecule has 13 N–H and O–H groups in total. The lowest BCUT2D eigenvalue weighted by molar-refractivity contribution is -0.147. The van der Waals surface area contributed by atoms with E-state index < -0.39 is 42.2 Å². The summed E-state index contributed by atoms with van der Waals surface area (Å²) < 4.78 is 0. The largest absolute Gasteiger partial charge is 0.481 e. The number of unbranched alkanes of at least 4 members (excludes halogenated alkanes) is 4. The minimum Gasteiger partial charge on any atom is -0.481 e. The topological polar surface area (TPSA) is 280 Å². The molecule has 308 valence electrons. The van der Waals surface area contributed by atoms with Crippen LogP contribution in [0.1, 0.15) is 82.6 Å². The lowest BCUT2D eigenvalue weighted by Gasteiger charge is -2.32. The zero-order valence-electron chi connectivity index (χ0n) is 32.2. The lowest BCUT2D eigenvalue weighted by Crippen LogP contribution is -2.56. The number of aromatic amines is 1. The second-order valence-electron chi connectivity index (χ2n) is 13.6. The number of carbonyl (C=O) groups is 6. The van der Waals surface area contributed by atoms with Gasteiger partial charge in [0.1, 0.15) is 12.1 Å². The SMILES string of the molecule is NCCCCNCCC(=O)NCCCCNCCC(=O)NCCCCCN(C(=O)[C@H](CCCN)NC(=O)Cc1c[nH]c2ccccc12)[C@@H](CC(=O)O)C(N)=O. The Bertz CT molecular complexity index is 1470. The summed E-state index contributed by atoms with van der Waals surface area (Å²) in [5.74, 6) is -3.34. The number of nitrogens with two attached hydrogens (primary N) is 3. The van der Waals surface area contributed by atoms with Crippen LogP contribution in [-0.2, 0) is 35.2 Å². The maximum absolute atomic E-state index is 13.9. The fraction of sp³-hybridized carbons (Fsp3) is 0.632. The number of carboxylic acids is 1. The van der Waals surface area contributed by atoms with Crippen LogP contribution in [0.2, 0.25) is 0 Å². The van der Waals surface area contributed by atoms with Crippen molar-refractivity contribution < 1.29 is 33.9 Å². The van der Waals surface area contributed by atoms with Crippen LogP contribution in [0.4, 0.5) is 0 Å². The molecule has 0 aliphatic carbocycles. The molecule has 2 aromatic rings. The molecule has 55 heavy (non-hydrogen) atoms. The highest BCUT2D eigenvalue weighted by atomic mass is 16.4. The number of benzene rings is 1. The number of nitrogens with zero attached hydrogens (tertiary/aromatic N) is 1. The zero-order valence-corrected chi connectivity index (χ0v) is 32.2. The molecule has 0 bridgehead atoms. The van der Waals surface area contributed by atoms with E-state index in [2.05, 4.69) is 31.6 Å². The van der Waals surface area contributed by atoms with Gasteiger partial charge in [-0.3, -0.25) is 28.8 Å². The normalized spacial score (nSPS) is 12.2. The third-order valence-electron chi connectivity index (χ3n) is 9.08. The number of hydrogen-bond acceptors (Lipinski definition) is 10. The molecular formula is C38H64N10O7. The molecule has 17 nitrogen and oxygen atoms in total. The number of primary amides is 1. The van der Waals surface area contributed by atoms with Gasteiger partial charge < -0.3 is 58.8 Å². The molecule has 0 fully saturated rings. The van der Waals surface area contributed by atoms with Crippen molar-refractivity contribution in [3.8, 4) is 0 Å². The van der Waals surface area contributed by atoms with E-state index in [0.29, 0.717) is 71.2 Å². The van der Waals surface area contributed by atoms with Crippen LogP contribution in [0.15, 0.2) is 30.5 Å². The van der Waals surface area contributed by atoms with Crippen molar-refractivity contribution in [3.05, 3.63) is 36.0 Å². The highest BCUT2D eigenvalue weighted by Gasteiger charge is 2.34. The summed E-state index contributed by atoms with van der Waals surface area (Å²) in [7, 11) is 0. The molecule has 2 rings (SSSR count). The second kappa shape index (κ2) is 27.9. The standard InChI is InChI=1S/C38H64N10O7/c39-16-4-6-18-42-22-14-34(50)45-21-8-7-19-43-23-15-33(49)44-20-5-1-9-24-48(32(37(41)54)26-36(52)53)38(55)31(13-10-17-40)47-35(51)25-28-27-46-30-12-3-2-11-29(28)30/h2-3,11-12,27,31-32,42-43,46H,1,4-10,13-26,39-40H2,(H2,41,54)(H,44,49)(H,45,50)(H,47,51)(H,52,53)/t31-,32-/m0/s1. The average molecular weight is 773 g/mol. The molecule has 0 radical (unpaired) electrons. The number of hydrogen-bond donors (Lipinski definition) is 10. The number of fused-ring (bicyclic) bond motifs is 1. The number of amides is 5. The van der Waals surface area contributed by atoms with E-state index in [-0.39, 0.29) is 37.7 Å². The van der Waals surface area contributed by atoms with E-state index in [9.17, 15) is 33.9 Å². The van der Waals surface area contributed by atoms with Crippen LogP contribution in [0.3, 0.4) is 0 Å². The minimum absolute atomic E-state index is 0.00303. The Morgan fingerprint density at radius 1 is 0.727 bits per heavy atom. The van der Waals surface area contributed by atoms with Gasteiger partial charge >= 0.3 is 5.97 Å². The van der Waals surface area contributed by atoms with Crippen LogP contribution in [0, 0.1) is 0 Å². The molecule has 1 aromatic heterocycles. The monoisotopic (exact) mass is 772 g/mol. The highest BCUT2D eigenvalue weighted by molar-refractivity contribution is 5.94. The van der Waals surface area contributed by atoms with Gasteiger partial charge in [0.05, 0.1) is 12.8 Å². The van der Waals surface area contributed by atoms with Gasteiger partial charge in [0.15, 0.2) is 0 Å². The van der Waals surface area contributed by atoms with Crippen LogP contribution in [-0.4, -0.2) is 121 Å². The quantitative estimate of drug-likeness (QED) is 0.0441. The minimum atomic E-state index is -1.41. The van der Waals surface area contributed by atoms with Crippen LogP contribution in [0.5, 0.6) is 0 Å².